The number of fused-ring (bicyclic) bond motifs is 1. The van der Waals surface area contributed by atoms with E-state index in [1.54, 1.807) is 6.20 Å². The number of ether oxygens (including phenoxy) is 1. The molecule has 0 spiro atoms. The van der Waals surface area contributed by atoms with Crippen LogP contribution in [0.5, 0.6) is 0 Å². The van der Waals surface area contributed by atoms with Crippen LogP contribution in [0.15, 0.2) is 18.3 Å². The SMILES string of the molecule is Cc1cc(NCCCN2CCOCC2)n2nccc2n1.Cl. The van der Waals surface area contributed by atoms with Gasteiger partial charge in [0.25, 0.3) is 0 Å². The van der Waals surface area contributed by atoms with E-state index in [1.165, 1.54) is 0 Å². The third-order valence-corrected chi connectivity index (χ3v) is 3.55. The van der Waals surface area contributed by atoms with Crippen molar-refractivity contribution in [3.05, 3.63) is 24.0 Å². The van der Waals surface area contributed by atoms with Crippen LogP contribution in [0.2, 0.25) is 0 Å². The Morgan fingerprint density at radius 2 is 2.14 bits per heavy atom. The Labute approximate surface area is 130 Å². The molecule has 0 unspecified atom stereocenters. The number of morpholine rings is 1. The van der Waals surface area contributed by atoms with Crippen LogP contribution in [-0.4, -0.2) is 58.9 Å². The third kappa shape index (κ3) is 4.06. The summed E-state index contributed by atoms with van der Waals surface area (Å²) in [5, 5.41) is 7.75. The molecule has 2 aromatic heterocycles. The molecule has 0 saturated carbocycles. The quantitative estimate of drug-likeness (QED) is 0.850. The maximum absolute atomic E-state index is 5.35. The minimum absolute atomic E-state index is 0. The van der Waals surface area contributed by atoms with Gasteiger partial charge in [0.05, 0.1) is 19.4 Å². The van der Waals surface area contributed by atoms with Gasteiger partial charge in [0.15, 0.2) is 5.65 Å². The minimum Gasteiger partial charge on any atom is -0.379 e. The molecule has 0 atom stereocenters. The second-order valence-corrected chi connectivity index (χ2v) is 5.12. The molecule has 1 aliphatic rings. The molecule has 0 bridgehead atoms. The number of aromatic nitrogens is 3. The van der Waals surface area contributed by atoms with Crippen LogP contribution in [0, 0.1) is 6.92 Å². The molecule has 116 valence electrons. The van der Waals surface area contributed by atoms with Crippen molar-refractivity contribution < 1.29 is 4.74 Å². The predicted molar refractivity (Wildman–Crippen MR) is 85.3 cm³/mol. The van der Waals surface area contributed by atoms with E-state index in [4.69, 9.17) is 4.74 Å². The highest BCUT2D eigenvalue weighted by Crippen LogP contribution is 2.11. The van der Waals surface area contributed by atoms with E-state index in [9.17, 15) is 0 Å². The number of halogens is 1. The fraction of sp³-hybridized carbons (Fsp3) is 0.571. The molecule has 3 rings (SSSR count). The molecule has 2 aromatic rings. The van der Waals surface area contributed by atoms with Crippen LogP contribution in [-0.2, 0) is 4.74 Å². The number of rotatable bonds is 5. The van der Waals surface area contributed by atoms with Gasteiger partial charge in [-0.15, -0.1) is 12.4 Å². The standard InChI is InChI=1S/C14H21N5O.ClH/c1-12-11-14(19-13(17-12)3-5-16-19)15-4-2-6-18-7-9-20-10-8-18;/h3,5,11,15H,2,4,6-10H2,1H3;1H. The highest BCUT2D eigenvalue weighted by atomic mass is 35.5. The lowest BCUT2D eigenvalue weighted by molar-refractivity contribution is 0.0378. The van der Waals surface area contributed by atoms with Crippen LogP contribution in [0.25, 0.3) is 5.65 Å². The number of hydrogen-bond donors (Lipinski definition) is 1. The monoisotopic (exact) mass is 311 g/mol. The maximum atomic E-state index is 5.35. The molecule has 1 saturated heterocycles. The number of anilines is 1. The summed E-state index contributed by atoms with van der Waals surface area (Å²) in [4.78, 5) is 6.89. The fourth-order valence-corrected chi connectivity index (χ4v) is 2.51. The second-order valence-electron chi connectivity index (χ2n) is 5.12. The van der Waals surface area contributed by atoms with Crippen molar-refractivity contribution in [1.29, 1.82) is 0 Å². The smallest absolute Gasteiger partial charge is 0.157 e. The van der Waals surface area contributed by atoms with Crippen molar-refractivity contribution in [2.24, 2.45) is 0 Å². The Kier molecular flexibility index (Phi) is 5.78. The van der Waals surface area contributed by atoms with Crippen LogP contribution in [0.3, 0.4) is 0 Å². The van der Waals surface area contributed by atoms with E-state index in [2.05, 4.69) is 20.3 Å². The Morgan fingerprint density at radius 1 is 1.33 bits per heavy atom. The molecule has 7 heteroatoms. The number of nitrogens with one attached hydrogen (secondary N) is 1. The van der Waals surface area contributed by atoms with Crippen molar-refractivity contribution >= 4 is 23.9 Å². The molecule has 0 radical (unpaired) electrons. The first-order valence-electron chi connectivity index (χ1n) is 7.18. The van der Waals surface area contributed by atoms with Crippen molar-refractivity contribution in [2.75, 3.05) is 44.7 Å². The zero-order valence-electron chi connectivity index (χ0n) is 12.3. The van der Waals surface area contributed by atoms with Gasteiger partial charge in [0.2, 0.25) is 0 Å². The van der Waals surface area contributed by atoms with E-state index >= 15 is 0 Å². The second kappa shape index (κ2) is 7.59. The topological polar surface area (TPSA) is 54.7 Å². The van der Waals surface area contributed by atoms with Crippen molar-refractivity contribution in [2.45, 2.75) is 13.3 Å². The van der Waals surface area contributed by atoms with Gasteiger partial charge < -0.3 is 10.1 Å². The summed E-state index contributed by atoms with van der Waals surface area (Å²) in [6.45, 7) is 7.90. The van der Waals surface area contributed by atoms with Gasteiger partial charge in [-0.3, -0.25) is 4.90 Å². The molecule has 0 aliphatic carbocycles. The Bertz CT molecular complexity index is 567. The van der Waals surface area contributed by atoms with E-state index in [1.807, 2.05) is 23.6 Å². The summed E-state index contributed by atoms with van der Waals surface area (Å²) in [5.41, 5.74) is 1.90. The summed E-state index contributed by atoms with van der Waals surface area (Å²) >= 11 is 0. The highest BCUT2D eigenvalue weighted by Gasteiger charge is 2.09. The molecular weight excluding hydrogens is 290 g/mol. The summed E-state index contributed by atoms with van der Waals surface area (Å²) in [7, 11) is 0. The fourth-order valence-electron chi connectivity index (χ4n) is 2.51. The zero-order chi connectivity index (χ0) is 13.8. The van der Waals surface area contributed by atoms with Crippen LogP contribution in [0.4, 0.5) is 5.82 Å². The largest absolute Gasteiger partial charge is 0.379 e. The average molecular weight is 312 g/mol. The van der Waals surface area contributed by atoms with E-state index in [0.29, 0.717) is 0 Å². The van der Waals surface area contributed by atoms with Crippen molar-refractivity contribution in [3.8, 4) is 0 Å². The molecule has 1 aliphatic heterocycles. The summed E-state index contributed by atoms with van der Waals surface area (Å²) in [5.74, 6) is 1.01. The Balaban J connectivity index is 0.00000161. The normalized spacial score (nSPS) is 15.9. The van der Waals surface area contributed by atoms with Gasteiger partial charge in [-0.2, -0.15) is 9.61 Å². The zero-order valence-corrected chi connectivity index (χ0v) is 13.1. The summed E-state index contributed by atoms with van der Waals surface area (Å²) in [6, 6.07) is 3.96. The van der Waals surface area contributed by atoms with Gasteiger partial charge in [-0.05, 0) is 19.9 Å². The number of hydrogen-bond acceptors (Lipinski definition) is 5. The van der Waals surface area contributed by atoms with Crippen LogP contribution in [0.1, 0.15) is 12.1 Å². The molecular formula is C14H22ClN5O. The van der Waals surface area contributed by atoms with E-state index in [0.717, 1.165) is 63.0 Å². The van der Waals surface area contributed by atoms with Gasteiger partial charge in [0, 0.05) is 37.5 Å². The van der Waals surface area contributed by atoms with Gasteiger partial charge in [0.1, 0.15) is 5.82 Å². The molecule has 3 heterocycles. The first-order chi connectivity index (χ1) is 9.83. The molecule has 21 heavy (non-hydrogen) atoms. The third-order valence-electron chi connectivity index (χ3n) is 3.55. The number of nitrogens with zero attached hydrogens (tertiary/aromatic N) is 4. The molecule has 1 fully saturated rings. The van der Waals surface area contributed by atoms with Gasteiger partial charge in [-0.25, -0.2) is 4.98 Å². The number of aryl methyl sites for hydroxylation is 1. The summed E-state index contributed by atoms with van der Waals surface area (Å²) in [6.07, 6.45) is 2.89. The maximum Gasteiger partial charge on any atom is 0.157 e. The average Bonchev–Trinajstić information content (AvgIpc) is 2.92. The van der Waals surface area contributed by atoms with Gasteiger partial charge >= 0.3 is 0 Å². The highest BCUT2D eigenvalue weighted by molar-refractivity contribution is 5.85. The molecule has 0 aromatic carbocycles. The molecule has 6 nitrogen and oxygen atoms in total. The van der Waals surface area contributed by atoms with Crippen molar-refractivity contribution in [1.82, 2.24) is 19.5 Å². The Morgan fingerprint density at radius 3 is 2.95 bits per heavy atom. The van der Waals surface area contributed by atoms with Crippen LogP contribution >= 0.6 is 12.4 Å². The lowest BCUT2D eigenvalue weighted by Crippen LogP contribution is -2.37. The lowest BCUT2D eigenvalue weighted by atomic mass is 10.3. The van der Waals surface area contributed by atoms with E-state index in [-0.39, 0.29) is 12.4 Å². The molecule has 0 amide bonds. The summed E-state index contributed by atoms with van der Waals surface area (Å²) < 4.78 is 7.20. The van der Waals surface area contributed by atoms with Gasteiger partial charge in [-0.1, -0.05) is 0 Å². The van der Waals surface area contributed by atoms with Crippen LogP contribution < -0.4 is 5.32 Å². The predicted octanol–water partition coefficient (Wildman–Crippen LogP) is 1.59. The van der Waals surface area contributed by atoms with Crippen molar-refractivity contribution in [3.63, 3.8) is 0 Å². The minimum atomic E-state index is 0. The molecule has 1 N–H and O–H groups in total. The first-order valence-corrected chi connectivity index (χ1v) is 7.18. The lowest BCUT2D eigenvalue weighted by Gasteiger charge is -2.26. The first kappa shape index (κ1) is 16.0. The Hall–Kier alpha value is -1.37. The van der Waals surface area contributed by atoms with E-state index < -0.39 is 0 Å².